The third-order valence-electron chi connectivity index (χ3n) is 4.61. The second-order valence-electron chi connectivity index (χ2n) is 6.92. The summed E-state index contributed by atoms with van der Waals surface area (Å²) in [6.07, 6.45) is -3.44. The molecular weight excluding hydrogens is 399 g/mol. The van der Waals surface area contributed by atoms with Gasteiger partial charge in [0.2, 0.25) is 11.8 Å². The summed E-state index contributed by atoms with van der Waals surface area (Å²) >= 11 is 0. The number of likely N-dealkylation sites (tertiary alicyclic amines) is 1. The maximum absolute atomic E-state index is 12.5. The van der Waals surface area contributed by atoms with E-state index in [0.717, 1.165) is 0 Å². The number of halogens is 3. The molecule has 1 fully saturated rings. The molecule has 1 aliphatic rings. The van der Waals surface area contributed by atoms with Gasteiger partial charge in [0.25, 0.3) is 0 Å². The molecule has 160 valence electrons. The number of ether oxygens (including phenoxy) is 1. The first-order chi connectivity index (χ1) is 14.3. The van der Waals surface area contributed by atoms with Gasteiger partial charge in [0.15, 0.2) is 5.75 Å². The fourth-order valence-corrected chi connectivity index (χ4v) is 3.27. The number of carbonyl (C=O) groups excluding carboxylic acids is 2. The van der Waals surface area contributed by atoms with Crippen molar-refractivity contribution in [2.45, 2.75) is 25.1 Å². The number of para-hydroxylation sites is 3. The highest BCUT2D eigenvalue weighted by Gasteiger charge is 2.34. The van der Waals surface area contributed by atoms with Crippen LogP contribution < -0.4 is 15.4 Å². The molecule has 6 nitrogen and oxygen atoms in total. The first-order valence-electron chi connectivity index (χ1n) is 9.52. The Labute approximate surface area is 172 Å². The van der Waals surface area contributed by atoms with Gasteiger partial charge in [-0.1, -0.05) is 30.3 Å². The topological polar surface area (TPSA) is 70.7 Å². The largest absolute Gasteiger partial charge is 0.455 e. The van der Waals surface area contributed by atoms with E-state index in [1.807, 2.05) is 23.5 Å². The third-order valence-corrected chi connectivity index (χ3v) is 4.61. The summed E-state index contributed by atoms with van der Waals surface area (Å²) in [7, 11) is 0. The number of rotatable bonds is 7. The zero-order valence-electron chi connectivity index (χ0n) is 16.1. The lowest BCUT2D eigenvalue weighted by molar-refractivity contribution is -0.141. The Hall–Kier alpha value is -3.07. The molecule has 9 heteroatoms. The van der Waals surface area contributed by atoms with Crippen LogP contribution in [0.4, 0.5) is 18.9 Å². The van der Waals surface area contributed by atoms with Crippen molar-refractivity contribution in [1.82, 2.24) is 10.2 Å². The van der Waals surface area contributed by atoms with E-state index in [-0.39, 0.29) is 12.5 Å². The van der Waals surface area contributed by atoms with Gasteiger partial charge < -0.3 is 15.4 Å². The highest BCUT2D eigenvalue weighted by Crippen LogP contribution is 2.29. The summed E-state index contributed by atoms with van der Waals surface area (Å²) in [6, 6.07) is 15.2. The molecule has 0 radical (unpaired) electrons. The van der Waals surface area contributed by atoms with E-state index in [4.69, 9.17) is 4.74 Å². The number of hydrogen-bond donors (Lipinski definition) is 2. The van der Waals surface area contributed by atoms with Crippen molar-refractivity contribution in [3.8, 4) is 11.5 Å². The maximum Gasteiger partial charge on any atom is 0.405 e. The maximum atomic E-state index is 12.5. The molecule has 0 bridgehead atoms. The van der Waals surface area contributed by atoms with Gasteiger partial charge in [0.05, 0.1) is 18.3 Å². The molecule has 2 aromatic rings. The Morgan fingerprint density at radius 3 is 2.50 bits per heavy atom. The molecule has 0 aromatic heterocycles. The van der Waals surface area contributed by atoms with Crippen LogP contribution in [0.15, 0.2) is 54.6 Å². The smallest absolute Gasteiger partial charge is 0.405 e. The van der Waals surface area contributed by atoms with E-state index in [1.54, 1.807) is 41.3 Å². The Balaban J connectivity index is 1.59. The van der Waals surface area contributed by atoms with Gasteiger partial charge in [-0.15, -0.1) is 0 Å². The van der Waals surface area contributed by atoms with Crippen LogP contribution in [0.1, 0.15) is 12.8 Å². The molecule has 30 heavy (non-hydrogen) atoms. The van der Waals surface area contributed by atoms with E-state index >= 15 is 0 Å². The molecule has 1 aliphatic heterocycles. The van der Waals surface area contributed by atoms with Gasteiger partial charge >= 0.3 is 6.18 Å². The van der Waals surface area contributed by atoms with E-state index < -0.39 is 24.7 Å². The molecule has 0 saturated carbocycles. The van der Waals surface area contributed by atoms with Crippen molar-refractivity contribution in [3.63, 3.8) is 0 Å². The molecule has 1 heterocycles. The van der Waals surface area contributed by atoms with Crippen LogP contribution in [0.2, 0.25) is 0 Å². The van der Waals surface area contributed by atoms with Crippen molar-refractivity contribution in [2.24, 2.45) is 0 Å². The van der Waals surface area contributed by atoms with Gasteiger partial charge in [0.1, 0.15) is 12.3 Å². The Kier molecular flexibility index (Phi) is 6.94. The standard InChI is InChI=1S/C21H22F3N3O3/c22-21(23,24)14-25-20(29)17-10-6-12-27(17)13-19(28)26-16-9-4-5-11-18(16)30-15-7-2-1-3-8-15/h1-5,7-9,11,17H,6,10,12-14H2,(H,25,29)(H,26,28). The molecular formula is C21H22F3N3O3. The number of hydrogen-bond acceptors (Lipinski definition) is 4. The normalized spacial score (nSPS) is 16.8. The van der Waals surface area contributed by atoms with Crippen LogP contribution in [-0.2, 0) is 9.59 Å². The number of nitrogens with zero attached hydrogens (tertiary/aromatic N) is 1. The first kappa shape index (κ1) is 21.6. The van der Waals surface area contributed by atoms with Crippen LogP contribution in [0.25, 0.3) is 0 Å². The average molecular weight is 421 g/mol. The Bertz CT molecular complexity index is 875. The SMILES string of the molecule is O=C(CN1CCCC1C(=O)NCC(F)(F)F)Nc1ccccc1Oc1ccccc1. The van der Waals surface area contributed by atoms with E-state index in [1.165, 1.54) is 0 Å². The van der Waals surface area contributed by atoms with Crippen LogP contribution in [0.3, 0.4) is 0 Å². The Morgan fingerprint density at radius 1 is 1.07 bits per heavy atom. The van der Waals surface area contributed by atoms with Crippen LogP contribution in [-0.4, -0.2) is 48.6 Å². The fraction of sp³-hybridized carbons (Fsp3) is 0.333. The van der Waals surface area contributed by atoms with Crippen molar-refractivity contribution in [2.75, 3.05) is 25.0 Å². The predicted molar refractivity (Wildman–Crippen MR) is 105 cm³/mol. The first-order valence-corrected chi connectivity index (χ1v) is 9.52. The molecule has 2 amide bonds. The average Bonchev–Trinajstić information content (AvgIpc) is 3.16. The third kappa shape index (κ3) is 6.21. The van der Waals surface area contributed by atoms with Gasteiger partial charge in [0, 0.05) is 0 Å². The Morgan fingerprint density at radius 2 is 1.77 bits per heavy atom. The van der Waals surface area contributed by atoms with Gasteiger partial charge in [-0.2, -0.15) is 13.2 Å². The minimum Gasteiger partial charge on any atom is -0.455 e. The summed E-state index contributed by atoms with van der Waals surface area (Å²) in [5, 5.41) is 4.65. The lowest BCUT2D eigenvalue weighted by atomic mass is 10.2. The minimum atomic E-state index is -4.47. The van der Waals surface area contributed by atoms with Crippen molar-refractivity contribution in [1.29, 1.82) is 0 Å². The second-order valence-corrected chi connectivity index (χ2v) is 6.92. The van der Waals surface area contributed by atoms with E-state index in [2.05, 4.69) is 5.32 Å². The van der Waals surface area contributed by atoms with Gasteiger partial charge in [-0.3, -0.25) is 14.5 Å². The molecule has 2 N–H and O–H groups in total. The van der Waals surface area contributed by atoms with Crippen molar-refractivity contribution in [3.05, 3.63) is 54.6 Å². The number of carbonyl (C=O) groups is 2. The minimum absolute atomic E-state index is 0.107. The fourth-order valence-electron chi connectivity index (χ4n) is 3.27. The van der Waals surface area contributed by atoms with Crippen LogP contribution in [0, 0.1) is 0 Å². The summed E-state index contributed by atoms with van der Waals surface area (Å²) in [6.45, 7) is -1.03. The molecule has 1 unspecified atom stereocenters. The van der Waals surface area contributed by atoms with Crippen molar-refractivity contribution < 1.29 is 27.5 Å². The van der Waals surface area contributed by atoms with Crippen LogP contribution in [0.5, 0.6) is 11.5 Å². The van der Waals surface area contributed by atoms with E-state index in [0.29, 0.717) is 36.6 Å². The monoisotopic (exact) mass is 421 g/mol. The highest BCUT2D eigenvalue weighted by molar-refractivity contribution is 5.94. The summed E-state index contributed by atoms with van der Waals surface area (Å²) in [4.78, 5) is 26.2. The number of benzene rings is 2. The molecule has 1 atom stereocenters. The van der Waals surface area contributed by atoms with Crippen molar-refractivity contribution >= 4 is 17.5 Å². The quantitative estimate of drug-likeness (QED) is 0.717. The zero-order valence-corrected chi connectivity index (χ0v) is 16.1. The highest BCUT2D eigenvalue weighted by atomic mass is 19.4. The number of anilines is 1. The lowest BCUT2D eigenvalue weighted by Crippen LogP contribution is -2.47. The number of alkyl halides is 3. The number of amides is 2. The van der Waals surface area contributed by atoms with Gasteiger partial charge in [-0.05, 0) is 43.7 Å². The molecule has 3 rings (SSSR count). The second kappa shape index (κ2) is 9.62. The summed E-state index contributed by atoms with van der Waals surface area (Å²) in [5.41, 5.74) is 0.462. The molecule has 0 spiro atoms. The zero-order chi connectivity index (χ0) is 21.6. The molecule has 2 aromatic carbocycles. The van der Waals surface area contributed by atoms with Gasteiger partial charge in [-0.25, -0.2) is 0 Å². The van der Waals surface area contributed by atoms with E-state index in [9.17, 15) is 22.8 Å². The number of nitrogens with one attached hydrogen (secondary N) is 2. The molecule has 0 aliphatic carbocycles. The van der Waals surface area contributed by atoms with Crippen LogP contribution >= 0.6 is 0 Å². The predicted octanol–water partition coefficient (Wildman–Crippen LogP) is 3.56. The lowest BCUT2D eigenvalue weighted by Gasteiger charge is -2.23. The summed E-state index contributed by atoms with van der Waals surface area (Å²) in [5.74, 6) is -0.0295. The summed E-state index contributed by atoms with van der Waals surface area (Å²) < 4.78 is 42.8. The molecule has 1 saturated heterocycles.